The van der Waals surface area contributed by atoms with Gasteiger partial charge in [-0.2, -0.15) is 0 Å². The van der Waals surface area contributed by atoms with Crippen molar-refractivity contribution in [3.05, 3.63) is 30.5 Å². The van der Waals surface area contributed by atoms with E-state index in [0.29, 0.717) is 6.04 Å². The number of benzene rings is 1. The summed E-state index contributed by atoms with van der Waals surface area (Å²) in [5.74, 6) is 1.13. The summed E-state index contributed by atoms with van der Waals surface area (Å²) in [6.45, 7) is 12.1. The van der Waals surface area contributed by atoms with Crippen LogP contribution >= 0.6 is 0 Å². The van der Waals surface area contributed by atoms with Crippen molar-refractivity contribution in [2.75, 3.05) is 42.9 Å². The van der Waals surface area contributed by atoms with Gasteiger partial charge in [-0.25, -0.2) is 4.98 Å². The quantitative estimate of drug-likeness (QED) is 0.939. The molecule has 0 saturated carbocycles. The minimum atomic E-state index is 0.407. The Balaban J connectivity index is 1.94. The Morgan fingerprint density at radius 1 is 1.09 bits per heavy atom. The van der Waals surface area contributed by atoms with E-state index in [1.165, 1.54) is 10.8 Å². The first-order chi connectivity index (χ1) is 10.7. The number of piperazine rings is 1. The third-order valence-corrected chi connectivity index (χ3v) is 4.34. The maximum Gasteiger partial charge on any atom is 0.136 e. The van der Waals surface area contributed by atoms with Crippen LogP contribution in [-0.4, -0.2) is 48.6 Å². The third-order valence-electron chi connectivity index (χ3n) is 4.34. The van der Waals surface area contributed by atoms with Crippen LogP contribution < -0.4 is 10.2 Å². The smallest absolute Gasteiger partial charge is 0.136 e. The van der Waals surface area contributed by atoms with E-state index in [1.807, 2.05) is 6.20 Å². The normalized spacial score (nSPS) is 16.5. The van der Waals surface area contributed by atoms with Crippen molar-refractivity contribution in [1.29, 1.82) is 0 Å². The second kappa shape index (κ2) is 6.53. The maximum atomic E-state index is 4.78. The lowest BCUT2D eigenvalue weighted by Crippen LogP contribution is -2.46. The highest BCUT2D eigenvalue weighted by atomic mass is 15.3. The molecule has 118 valence electrons. The van der Waals surface area contributed by atoms with Gasteiger partial charge in [0, 0.05) is 43.0 Å². The first kappa shape index (κ1) is 15.1. The summed E-state index contributed by atoms with van der Waals surface area (Å²) in [7, 11) is 0. The molecule has 2 heterocycles. The van der Waals surface area contributed by atoms with E-state index in [1.54, 1.807) is 0 Å². The Morgan fingerprint density at radius 2 is 1.77 bits per heavy atom. The molecule has 1 aliphatic rings. The van der Waals surface area contributed by atoms with Crippen LogP contribution in [0.4, 0.5) is 11.5 Å². The number of nitrogens with one attached hydrogen (secondary N) is 1. The topological polar surface area (TPSA) is 31.4 Å². The van der Waals surface area contributed by atoms with Crippen LogP contribution in [-0.2, 0) is 0 Å². The number of fused-ring (bicyclic) bond motifs is 1. The minimum absolute atomic E-state index is 0.407. The molecule has 4 heteroatoms. The molecule has 0 spiro atoms. The molecule has 0 radical (unpaired) electrons. The van der Waals surface area contributed by atoms with Gasteiger partial charge in [-0.3, -0.25) is 0 Å². The minimum Gasteiger partial charge on any atom is -0.381 e. The van der Waals surface area contributed by atoms with E-state index in [-0.39, 0.29) is 0 Å². The molecule has 0 aliphatic carbocycles. The largest absolute Gasteiger partial charge is 0.381 e. The van der Waals surface area contributed by atoms with E-state index in [2.05, 4.69) is 60.2 Å². The van der Waals surface area contributed by atoms with Crippen LogP contribution in [0.1, 0.15) is 20.8 Å². The Kier molecular flexibility index (Phi) is 4.48. The van der Waals surface area contributed by atoms with Gasteiger partial charge in [-0.15, -0.1) is 0 Å². The van der Waals surface area contributed by atoms with E-state index in [0.717, 1.165) is 44.2 Å². The number of likely N-dealkylation sites (N-methyl/N-ethyl adjacent to an activating group) is 1. The molecule has 1 fully saturated rings. The van der Waals surface area contributed by atoms with Crippen LogP contribution in [0.25, 0.3) is 10.8 Å². The van der Waals surface area contributed by atoms with Crippen LogP contribution in [0.15, 0.2) is 30.5 Å². The second-order valence-corrected chi connectivity index (χ2v) is 6.26. The molecule has 3 rings (SSSR count). The van der Waals surface area contributed by atoms with Crippen molar-refractivity contribution in [2.24, 2.45) is 0 Å². The van der Waals surface area contributed by atoms with Crippen LogP contribution in [0.3, 0.4) is 0 Å². The summed E-state index contributed by atoms with van der Waals surface area (Å²) in [5, 5.41) is 6.02. The van der Waals surface area contributed by atoms with Gasteiger partial charge in [0.1, 0.15) is 5.82 Å². The lowest BCUT2D eigenvalue weighted by molar-refractivity contribution is 0.271. The van der Waals surface area contributed by atoms with Gasteiger partial charge in [-0.05, 0) is 20.4 Å². The first-order valence-corrected chi connectivity index (χ1v) is 8.30. The van der Waals surface area contributed by atoms with Crippen molar-refractivity contribution >= 4 is 22.3 Å². The number of nitrogens with zero attached hydrogens (tertiary/aromatic N) is 3. The molecule has 4 nitrogen and oxygen atoms in total. The van der Waals surface area contributed by atoms with Crippen molar-refractivity contribution < 1.29 is 0 Å². The summed E-state index contributed by atoms with van der Waals surface area (Å²) < 4.78 is 0. The fourth-order valence-corrected chi connectivity index (χ4v) is 3.13. The number of pyridine rings is 1. The zero-order valence-corrected chi connectivity index (χ0v) is 13.8. The lowest BCUT2D eigenvalue weighted by atomic mass is 10.1. The fourth-order valence-electron chi connectivity index (χ4n) is 3.13. The van der Waals surface area contributed by atoms with E-state index < -0.39 is 0 Å². The average molecular weight is 298 g/mol. The Hall–Kier alpha value is -1.81. The molecule has 2 aromatic rings. The van der Waals surface area contributed by atoms with Crippen molar-refractivity contribution in [3.8, 4) is 0 Å². The van der Waals surface area contributed by atoms with Crippen molar-refractivity contribution in [2.45, 2.75) is 26.8 Å². The average Bonchev–Trinajstić information content (AvgIpc) is 2.55. The van der Waals surface area contributed by atoms with E-state index >= 15 is 0 Å². The molecule has 1 aromatic carbocycles. The molecule has 1 aliphatic heterocycles. The monoisotopic (exact) mass is 298 g/mol. The van der Waals surface area contributed by atoms with Crippen LogP contribution in [0, 0.1) is 0 Å². The molecular formula is C18H26N4. The highest BCUT2D eigenvalue weighted by Crippen LogP contribution is 2.30. The second-order valence-electron chi connectivity index (χ2n) is 6.26. The molecular weight excluding hydrogens is 272 g/mol. The number of aromatic nitrogens is 1. The number of hydrogen-bond donors (Lipinski definition) is 1. The summed E-state index contributed by atoms with van der Waals surface area (Å²) >= 11 is 0. The molecule has 0 unspecified atom stereocenters. The van der Waals surface area contributed by atoms with Gasteiger partial charge in [0.15, 0.2) is 0 Å². The first-order valence-electron chi connectivity index (χ1n) is 8.30. The van der Waals surface area contributed by atoms with Gasteiger partial charge in [-0.1, -0.05) is 31.2 Å². The van der Waals surface area contributed by atoms with E-state index in [9.17, 15) is 0 Å². The Labute approximate surface area is 133 Å². The summed E-state index contributed by atoms with van der Waals surface area (Å²) in [4.78, 5) is 9.70. The Bertz CT molecular complexity index is 630. The van der Waals surface area contributed by atoms with Gasteiger partial charge in [0.25, 0.3) is 0 Å². The molecule has 1 N–H and O–H groups in total. The third kappa shape index (κ3) is 3.02. The number of rotatable bonds is 4. The van der Waals surface area contributed by atoms with Gasteiger partial charge in [0.05, 0.1) is 11.9 Å². The van der Waals surface area contributed by atoms with Gasteiger partial charge < -0.3 is 15.1 Å². The van der Waals surface area contributed by atoms with E-state index in [4.69, 9.17) is 4.98 Å². The predicted molar refractivity (Wildman–Crippen MR) is 94.8 cm³/mol. The van der Waals surface area contributed by atoms with Gasteiger partial charge >= 0.3 is 0 Å². The zero-order chi connectivity index (χ0) is 15.5. The van der Waals surface area contributed by atoms with Crippen LogP contribution in [0.5, 0.6) is 0 Å². The molecule has 0 atom stereocenters. The van der Waals surface area contributed by atoms with Crippen molar-refractivity contribution in [1.82, 2.24) is 9.88 Å². The molecule has 1 saturated heterocycles. The van der Waals surface area contributed by atoms with Crippen molar-refractivity contribution in [3.63, 3.8) is 0 Å². The molecule has 0 amide bonds. The summed E-state index contributed by atoms with van der Waals surface area (Å²) in [5.41, 5.74) is 1.13. The highest BCUT2D eigenvalue weighted by Gasteiger charge is 2.19. The molecule has 1 aromatic heterocycles. The summed E-state index contributed by atoms with van der Waals surface area (Å²) in [6.07, 6.45) is 1.99. The Morgan fingerprint density at radius 3 is 2.41 bits per heavy atom. The van der Waals surface area contributed by atoms with Crippen LogP contribution in [0.2, 0.25) is 0 Å². The SMILES string of the molecule is CCN1CCN(c2ncc(NC(C)C)c3ccccc23)CC1. The maximum absolute atomic E-state index is 4.78. The number of anilines is 2. The standard InChI is InChI=1S/C18H26N4/c1-4-21-9-11-22(12-10-21)18-16-8-6-5-7-15(16)17(13-19-18)20-14(2)3/h5-8,13-14,20H,4,9-12H2,1-3H3. The van der Waals surface area contributed by atoms with Gasteiger partial charge in [0.2, 0.25) is 0 Å². The zero-order valence-electron chi connectivity index (χ0n) is 13.8. The fraction of sp³-hybridized carbons (Fsp3) is 0.500. The highest BCUT2D eigenvalue weighted by molar-refractivity contribution is 6.00. The lowest BCUT2D eigenvalue weighted by Gasteiger charge is -2.35. The molecule has 22 heavy (non-hydrogen) atoms. The summed E-state index contributed by atoms with van der Waals surface area (Å²) in [6, 6.07) is 8.99. The predicted octanol–water partition coefficient (Wildman–Crippen LogP) is 3.20. The number of hydrogen-bond acceptors (Lipinski definition) is 4. The molecule has 0 bridgehead atoms.